The van der Waals surface area contributed by atoms with E-state index >= 15 is 0 Å². The van der Waals surface area contributed by atoms with E-state index < -0.39 is 54.5 Å². The van der Waals surface area contributed by atoms with Gasteiger partial charge in [0.2, 0.25) is 5.91 Å². The summed E-state index contributed by atoms with van der Waals surface area (Å²) in [6, 6.07) is -0.954. The monoisotopic (exact) mass is 361 g/mol. The van der Waals surface area contributed by atoms with Gasteiger partial charge in [-0.25, -0.2) is 0 Å². The van der Waals surface area contributed by atoms with Crippen molar-refractivity contribution in [1.82, 2.24) is 5.32 Å². The van der Waals surface area contributed by atoms with Crippen LogP contribution in [0.15, 0.2) is 0 Å². The number of carbonyl (C=O) groups excluding carboxylic acids is 4. The first-order valence-electron chi connectivity index (χ1n) is 7.58. The summed E-state index contributed by atoms with van der Waals surface area (Å²) in [4.78, 5) is 45.5. The molecule has 1 amide bonds. The zero-order valence-corrected chi connectivity index (χ0v) is 14.8. The molecule has 0 unspecified atom stereocenters. The van der Waals surface area contributed by atoms with Crippen LogP contribution >= 0.6 is 0 Å². The third-order valence-electron chi connectivity index (χ3n) is 3.31. The number of esters is 3. The molecule has 25 heavy (non-hydrogen) atoms. The van der Waals surface area contributed by atoms with Crippen molar-refractivity contribution in [1.29, 1.82) is 0 Å². The summed E-state index contributed by atoms with van der Waals surface area (Å²) >= 11 is 0. The molecule has 0 bridgehead atoms. The minimum absolute atomic E-state index is 0.240. The molecule has 0 radical (unpaired) electrons. The predicted molar refractivity (Wildman–Crippen MR) is 81.0 cm³/mol. The molecule has 10 nitrogen and oxygen atoms in total. The van der Waals surface area contributed by atoms with Crippen molar-refractivity contribution >= 4 is 23.8 Å². The van der Waals surface area contributed by atoms with Gasteiger partial charge in [-0.05, 0) is 0 Å². The van der Waals surface area contributed by atoms with E-state index in [2.05, 4.69) is 5.32 Å². The van der Waals surface area contributed by atoms with Crippen LogP contribution in [0.4, 0.5) is 0 Å². The fourth-order valence-corrected chi connectivity index (χ4v) is 2.50. The standard InChI is InChI=1S/C15H23NO9/c1-7(17)16-12-13(23-9(3)19)11(6-22-8(2)18)25-15(21-5)14(12)24-10(4)20/h11-15H,6H2,1-5H3,(H,16,17)/t11-,12-,13-,14+,15+/m1/s1. The Kier molecular flexibility index (Phi) is 7.78. The van der Waals surface area contributed by atoms with Crippen molar-refractivity contribution in [2.45, 2.75) is 58.3 Å². The second-order valence-electron chi connectivity index (χ2n) is 5.46. The van der Waals surface area contributed by atoms with Crippen LogP contribution in [0.25, 0.3) is 0 Å². The largest absolute Gasteiger partial charge is 0.463 e. The number of ether oxygens (including phenoxy) is 5. The van der Waals surface area contributed by atoms with Crippen LogP contribution in [0.5, 0.6) is 0 Å². The lowest BCUT2D eigenvalue weighted by Crippen LogP contribution is -2.66. The highest BCUT2D eigenvalue weighted by atomic mass is 16.7. The van der Waals surface area contributed by atoms with E-state index in [0.29, 0.717) is 0 Å². The third kappa shape index (κ3) is 6.31. The van der Waals surface area contributed by atoms with Gasteiger partial charge < -0.3 is 29.0 Å². The highest BCUT2D eigenvalue weighted by molar-refractivity contribution is 5.74. The van der Waals surface area contributed by atoms with Crippen molar-refractivity contribution < 1.29 is 42.9 Å². The maximum Gasteiger partial charge on any atom is 0.303 e. The van der Waals surface area contributed by atoms with Gasteiger partial charge in [-0.3, -0.25) is 19.2 Å². The fourth-order valence-electron chi connectivity index (χ4n) is 2.50. The van der Waals surface area contributed by atoms with Gasteiger partial charge in [0.05, 0.1) is 0 Å². The molecule has 1 saturated heterocycles. The molecule has 1 N–H and O–H groups in total. The van der Waals surface area contributed by atoms with Crippen molar-refractivity contribution in [3.8, 4) is 0 Å². The van der Waals surface area contributed by atoms with Crippen molar-refractivity contribution in [3.05, 3.63) is 0 Å². The molecule has 0 aromatic rings. The van der Waals surface area contributed by atoms with E-state index in [-0.39, 0.29) is 6.61 Å². The third-order valence-corrected chi connectivity index (χ3v) is 3.31. The molecule has 5 atom stereocenters. The maximum atomic E-state index is 11.6. The normalized spacial score (nSPS) is 28.6. The number of nitrogens with one attached hydrogen (secondary N) is 1. The Bertz CT molecular complexity index is 521. The smallest absolute Gasteiger partial charge is 0.303 e. The van der Waals surface area contributed by atoms with E-state index in [1.165, 1.54) is 34.8 Å². The van der Waals surface area contributed by atoms with Crippen LogP contribution in [-0.2, 0) is 42.9 Å². The highest BCUT2D eigenvalue weighted by Crippen LogP contribution is 2.27. The molecule has 1 aliphatic heterocycles. The number of amides is 1. The Morgan fingerprint density at radius 1 is 0.920 bits per heavy atom. The Balaban J connectivity index is 3.18. The Labute approximate surface area is 145 Å². The molecule has 1 rings (SSSR count). The summed E-state index contributed by atoms with van der Waals surface area (Å²) in [5.74, 6) is -2.28. The quantitative estimate of drug-likeness (QED) is 0.482. The number of methoxy groups -OCH3 is 1. The number of carbonyl (C=O) groups is 4. The van der Waals surface area contributed by atoms with Crippen LogP contribution in [0.3, 0.4) is 0 Å². The average molecular weight is 361 g/mol. The predicted octanol–water partition coefficient (Wildman–Crippen LogP) is -0.711. The minimum Gasteiger partial charge on any atom is -0.463 e. The second-order valence-corrected chi connectivity index (χ2v) is 5.46. The van der Waals surface area contributed by atoms with E-state index in [9.17, 15) is 19.2 Å². The van der Waals surface area contributed by atoms with E-state index in [1.807, 2.05) is 0 Å². The number of hydrogen-bond donors (Lipinski definition) is 1. The van der Waals surface area contributed by atoms with Gasteiger partial charge in [0.1, 0.15) is 18.8 Å². The van der Waals surface area contributed by atoms with Gasteiger partial charge in [0.25, 0.3) is 0 Å². The highest BCUT2D eigenvalue weighted by Gasteiger charge is 2.50. The van der Waals surface area contributed by atoms with Gasteiger partial charge in [-0.2, -0.15) is 0 Å². The molecular weight excluding hydrogens is 338 g/mol. The summed E-state index contributed by atoms with van der Waals surface area (Å²) in [7, 11) is 1.32. The lowest BCUT2D eigenvalue weighted by Gasteiger charge is -2.44. The fraction of sp³-hybridized carbons (Fsp3) is 0.733. The van der Waals surface area contributed by atoms with Crippen LogP contribution in [-0.4, -0.2) is 68.2 Å². The van der Waals surface area contributed by atoms with Crippen LogP contribution in [0.2, 0.25) is 0 Å². The molecule has 0 aromatic carbocycles. The van der Waals surface area contributed by atoms with Crippen molar-refractivity contribution in [2.24, 2.45) is 0 Å². The molecular formula is C15H23NO9. The maximum absolute atomic E-state index is 11.6. The second kappa shape index (κ2) is 9.33. The SMILES string of the molecule is CO[C@H]1O[C@H](COC(C)=O)[C@@H](OC(C)=O)[C@@H](NC(C)=O)[C@@H]1OC(C)=O. The van der Waals surface area contributed by atoms with Crippen LogP contribution in [0.1, 0.15) is 27.7 Å². The molecule has 142 valence electrons. The van der Waals surface area contributed by atoms with Gasteiger partial charge in [-0.1, -0.05) is 0 Å². The first kappa shape index (κ1) is 20.8. The molecule has 0 aliphatic carbocycles. The summed E-state index contributed by atoms with van der Waals surface area (Å²) in [5.41, 5.74) is 0. The Hall–Kier alpha value is -2.20. The summed E-state index contributed by atoms with van der Waals surface area (Å²) in [5, 5.41) is 2.58. The molecule has 1 aliphatic rings. The topological polar surface area (TPSA) is 126 Å². The van der Waals surface area contributed by atoms with Crippen molar-refractivity contribution in [3.63, 3.8) is 0 Å². The molecule has 1 fully saturated rings. The average Bonchev–Trinajstić information content (AvgIpc) is 2.48. The van der Waals surface area contributed by atoms with Crippen LogP contribution < -0.4 is 5.32 Å². The number of hydrogen-bond acceptors (Lipinski definition) is 9. The van der Waals surface area contributed by atoms with Gasteiger partial charge in [0.15, 0.2) is 18.5 Å². The van der Waals surface area contributed by atoms with Crippen LogP contribution in [0, 0.1) is 0 Å². The Morgan fingerprint density at radius 3 is 1.92 bits per heavy atom. The Morgan fingerprint density at radius 2 is 1.48 bits per heavy atom. The zero-order chi connectivity index (χ0) is 19.1. The van der Waals surface area contributed by atoms with Gasteiger partial charge >= 0.3 is 17.9 Å². The zero-order valence-electron chi connectivity index (χ0n) is 14.8. The molecule has 0 spiro atoms. The van der Waals surface area contributed by atoms with Gasteiger partial charge in [-0.15, -0.1) is 0 Å². The lowest BCUT2D eigenvalue weighted by atomic mass is 9.95. The lowest BCUT2D eigenvalue weighted by molar-refractivity contribution is -0.279. The minimum atomic E-state index is -1.07. The van der Waals surface area contributed by atoms with E-state index in [4.69, 9.17) is 23.7 Å². The first-order chi connectivity index (χ1) is 11.6. The molecule has 1 heterocycles. The molecule has 0 aromatic heterocycles. The van der Waals surface area contributed by atoms with Crippen molar-refractivity contribution in [2.75, 3.05) is 13.7 Å². The van der Waals surface area contributed by atoms with E-state index in [1.54, 1.807) is 0 Å². The van der Waals surface area contributed by atoms with E-state index in [0.717, 1.165) is 0 Å². The first-order valence-corrected chi connectivity index (χ1v) is 7.58. The summed E-state index contributed by atoms with van der Waals surface area (Å²) in [6.07, 6.45) is -4.12. The molecule has 10 heteroatoms. The molecule has 0 saturated carbocycles. The summed E-state index contributed by atoms with van der Waals surface area (Å²) in [6.45, 7) is 4.59. The summed E-state index contributed by atoms with van der Waals surface area (Å²) < 4.78 is 26.1. The number of rotatable bonds is 6. The van der Waals surface area contributed by atoms with Gasteiger partial charge in [0, 0.05) is 34.8 Å².